The number of nitrogens with one attached hydrogen (secondary N) is 1. The predicted octanol–water partition coefficient (Wildman–Crippen LogP) is 4.51. The highest BCUT2D eigenvalue weighted by Gasteiger charge is 2.30. The molecular formula is C28H38N2O5. The summed E-state index contributed by atoms with van der Waals surface area (Å²) in [6.45, 7) is 2.33. The zero-order valence-electron chi connectivity index (χ0n) is 21.3. The highest BCUT2D eigenvalue weighted by atomic mass is 16.5. The van der Waals surface area contributed by atoms with Crippen molar-refractivity contribution < 1.29 is 23.8 Å². The lowest BCUT2D eigenvalue weighted by molar-refractivity contribution is -0.141. The summed E-state index contributed by atoms with van der Waals surface area (Å²) in [4.78, 5) is 28.5. The van der Waals surface area contributed by atoms with Gasteiger partial charge in [0.05, 0.1) is 21.3 Å². The average molecular weight is 483 g/mol. The molecule has 0 heterocycles. The molecule has 1 saturated carbocycles. The number of carbonyl (C=O) groups is 2. The molecule has 7 nitrogen and oxygen atoms in total. The Kier molecular flexibility index (Phi) is 9.82. The molecule has 1 N–H and O–H groups in total. The molecule has 0 saturated heterocycles. The normalized spacial score (nSPS) is 14.3. The SMILES string of the molecule is CCC(C(=O)NC1CCCC1)N(Cc1ccc(OC)cc1)C(=O)CCc1ccc(OC)c(OC)c1. The molecule has 3 rings (SSSR count). The van der Waals surface area contributed by atoms with Crippen LogP contribution in [0.4, 0.5) is 0 Å². The van der Waals surface area contributed by atoms with Gasteiger partial charge in [-0.1, -0.05) is 38.0 Å². The summed E-state index contributed by atoms with van der Waals surface area (Å²) in [6, 6.07) is 13.0. The van der Waals surface area contributed by atoms with Crippen LogP contribution in [0, 0.1) is 0 Å². The second kappa shape index (κ2) is 13.0. The molecule has 7 heteroatoms. The molecule has 0 radical (unpaired) electrons. The van der Waals surface area contributed by atoms with Crippen molar-refractivity contribution in [2.24, 2.45) is 0 Å². The minimum atomic E-state index is -0.518. The van der Waals surface area contributed by atoms with Crippen molar-refractivity contribution in [1.82, 2.24) is 10.2 Å². The lowest BCUT2D eigenvalue weighted by atomic mass is 10.0. The second-order valence-corrected chi connectivity index (χ2v) is 8.97. The number of carbonyl (C=O) groups excluding carboxylic acids is 2. The molecule has 1 fully saturated rings. The zero-order valence-corrected chi connectivity index (χ0v) is 21.3. The van der Waals surface area contributed by atoms with E-state index >= 15 is 0 Å². The minimum absolute atomic E-state index is 0.0518. The van der Waals surface area contributed by atoms with Crippen LogP contribution in [0.25, 0.3) is 0 Å². The van der Waals surface area contributed by atoms with Gasteiger partial charge in [0.2, 0.25) is 11.8 Å². The molecule has 1 atom stereocenters. The summed E-state index contributed by atoms with van der Waals surface area (Å²) in [6.07, 6.45) is 5.68. The molecule has 0 aliphatic heterocycles. The van der Waals surface area contributed by atoms with Gasteiger partial charge >= 0.3 is 0 Å². The minimum Gasteiger partial charge on any atom is -0.497 e. The number of hydrogen-bond acceptors (Lipinski definition) is 5. The maximum absolute atomic E-state index is 13.5. The summed E-state index contributed by atoms with van der Waals surface area (Å²) in [5.74, 6) is 1.93. The largest absolute Gasteiger partial charge is 0.497 e. The molecule has 2 amide bonds. The molecular weight excluding hydrogens is 444 g/mol. The first-order valence-electron chi connectivity index (χ1n) is 12.4. The second-order valence-electron chi connectivity index (χ2n) is 8.97. The Balaban J connectivity index is 1.77. The number of aryl methyl sites for hydroxylation is 1. The number of ether oxygens (including phenoxy) is 3. The fourth-order valence-electron chi connectivity index (χ4n) is 4.65. The van der Waals surface area contributed by atoms with E-state index in [0.29, 0.717) is 37.3 Å². The molecule has 1 aliphatic rings. The first-order valence-corrected chi connectivity index (χ1v) is 12.4. The predicted molar refractivity (Wildman–Crippen MR) is 136 cm³/mol. The van der Waals surface area contributed by atoms with Gasteiger partial charge in [-0.2, -0.15) is 0 Å². The maximum Gasteiger partial charge on any atom is 0.243 e. The highest BCUT2D eigenvalue weighted by Crippen LogP contribution is 2.28. The van der Waals surface area contributed by atoms with Crippen molar-refractivity contribution in [3.05, 3.63) is 53.6 Å². The fraction of sp³-hybridized carbons (Fsp3) is 0.500. The number of rotatable bonds is 12. The molecule has 1 unspecified atom stereocenters. The Labute approximate surface area is 208 Å². The van der Waals surface area contributed by atoms with E-state index in [0.717, 1.165) is 42.6 Å². The number of hydrogen-bond donors (Lipinski definition) is 1. The van der Waals surface area contributed by atoms with Gasteiger partial charge in [0.1, 0.15) is 11.8 Å². The van der Waals surface area contributed by atoms with Crippen LogP contribution in [0.1, 0.15) is 56.6 Å². The van der Waals surface area contributed by atoms with Crippen molar-refractivity contribution in [3.8, 4) is 17.2 Å². The maximum atomic E-state index is 13.5. The van der Waals surface area contributed by atoms with Crippen molar-refractivity contribution in [2.75, 3.05) is 21.3 Å². The van der Waals surface area contributed by atoms with Crippen LogP contribution in [-0.2, 0) is 22.6 Å². The van der Waals surface area contributed by atoms with Crippen LogP contribution in [0.2, 0.25) is 0 Å². The lowest BCUT2D eigenvalue weighted by Gasteiger charge is -2.31. The first-order chi connectivity index (χ1) is 17.0. The van der Waals surface area contributed by atoms with Gasteiger partial charge < -0.3 is 24.4 Å². The van der Waals surface area contributed by atoms with E-state index in [1.54, 1.807) is 26.2 Å². The van der Waals surface area contributed by atoms with Crippen molar-refractivity contribution >= 4 is 11.8 Å². The van der Waals surface area contributed by atoms with Crippen LogP contribution < -0.4 is 19.5 Å². The molecule has 0 spiro atoms. The Bertz CT molecular complexity index is 970. The number of methoxy groups -OCH3 is 3. The van der Waals surface area contributed by atoms with Crippen LogP contribution in [-0.4, -0.2) is 50.1 Å². The Hall–Kier alpha value is -3.22. The third-order valence-electron chi connectivity index (χ3n) is 6.67. The third-order valence-corrected chi connectivity index (χ3v) is 6.67. The van der Waals surface area contributed by atoms with E-state index in [1.807, 2.05) is 49.4 Å². The Morgan fingerprint density at radius 1 is 0.943 bits per heavy atom. The van der Waals surface area contributed by atoms with E-state index in [2.05, 4.69) is 5.32 Å². The fourth-order valence-corrected chi connectivity index (χ4v) is 4.65. The topological polar surface area (TPSA) is 77.1 Å². The van der Waals surface area contributed by atoms with Gasteiger partial charge in [0.15, 0.2) is 11.5 Å². The van der Waals surface area contributed by atoms with Gasteiger partial charge in [0, 0.05) is 19.0 Å². The molecule has 2 aromatic rings. The molecule has 0 bridgehead atoms. The molecule has 35 heavy (non-hydrogen) atoms. The van der Waals surface area contributed by atoms with Gasteiger partial charge in [-0.15, -0.1) is 0 Å². The number of benzene rings is 2. The smallest absolute Gasteiger partial charge is 0.243 e. The third kappa shape index (κ3) is 7.13. The summed E-state index contributed by atoms with van der Waals surface area (Å²) in [5.41, 5.74) is 1.93. The number of nitrogens with zero attached hydrogens (tertiary/aromatic N) is 1. The van der Waals surface area contributed by atoms with Crippen molar-refractivity contribution in [2.45, 2.75) is 70.5 Å². The summed E-state index contributed by atoms with van der Waals surface area (Å²) in [5, 5.41) is 3.19. The zero-order chi connectivity index (χ0) is 25.2. The van der Waals surface area contributed by atoms with Gasteiger partial charge in [0.25, 0.3) is 0 Å². The molecule has 190 valence electrons. The quantitative estimate of drug-likeness (QED) is 0.482. The first kappa shape index (κ1) is 26.4. The van der Waals surface area contributed by atoms with Gasteiger partial charge in [-0.05, 0) is 61.1 Å². The van der Waals surface area contributed by atoms with Gasteiger partial charge in [-0.3, -0.25) is 9.59 Å². The van der Waals surface area contributed by atoms with E-state index < -0.39 is 6.04 Å². The van der Waals surface area contributed by atoms with E-state index in [9.17, 15) is 9.59 Å². The van der Waals surface area contributed by atoms with Crippen molar-refractivity contribution in [1.29, 1.82) is 0 Å². The summed E-state index contributed by atoms with van der Waals surface area (Å²) < 4.78 is 16.0. The monoisotopic (exact) mass is 482 g/mol. The number of amides is 2. The Morgan fingerprint density at radius 2 is 1.60 bits per heavy atom. The highest BCUT2D eigenvalue weighted by molar-refractivity contribution is 5.88. The van der Waals surface area contributed by atoms with Gasteiger partial charge in [-0.25, -0.2) is 0 Å². The molecule has 1 aliphatic carbocycles. The van der Waals surface area contributed by atoms with Crippen LogP contribution >= 0.6 is 0 Å². The van der Waals surface area contributed by atoms with Crippen LogP contribution in [0.5, 0.6) is 17.2 Å². The van der Waals surface area contributed by atoms with Crippen LogP contribution in [0.3, 0.4) is 0 Å². The van der Waals surface area contributed by atoms with E-state index in [1.165, 1.54) is 0 Å². The standard InChI is InChI=1S/C28H38N2O5/c1-5-24(28(32)29-22-8-6-7-9-22)30(19-21-10-14-23(33-2)15-11-21)27(31)17-13-20-12-16-25(34-3)26(18-20)35-4/h10-12,14-16,18,22,24H,5-9,13,17,19H2,1-4H3,(H,29,32). The van der Waals surface area contributed by atoms with Crippen LogP contribution in [0.15, 0.2) is 42.5 Å². The molecule has 0 aromatic heterocycles. The van der Waals surface area contributed by atoms with E-state index in [-0.39, 0.29) is 17.9 Å². The van der Waals surface area contributed by atoms with E-state index in [4.69, 9.17) is 14.2 Å². The van der Waals surface area contributed by atoms with Crippen molar-refractivity contribution in [3.63, 3.8) is 0 Å². The summed E-state index contributed by atoms with van der Waals surface area (Å²) >= 11 is 0. The molecule has 2 aromatic carbocycles. The summed E-state index contributed by atoms with van der Waals surface area (Å²) in [7, 11) is 4.82. The lowest BCUT2D eigenvalue weighted by Crippen LogP contribution is -2.51. The Morgan fingerprint density at radius 3 is 2.20 bits per heavy atom. The average Bonchev–Trinajstić information content (AvgIpc) is 3.40.